The molecule has 0 aromatic heterocycles. The molecule has 3 rings (SSSR count). The lowest BCUT2D eigenvalue weighted by Crippen LogP contribution is -2.47. The van der Waals surface area contributed by atoms with Crippen LogP contribution in [0.1, 0.15) is 43.0 Å². The van der Waals surface area contributed by atoms with Crippen molar-refractivity contribution in [2.45, 2.75) is 38.6 Å². The zero-order valence-corrected chi connectivity index (χ0v) is 15.7. The van der Waals surface area contributed by atoms with Crippen molar-refractivity contribution in [3.05, 3.63) is 35.6 Å². The number of likely N-dealkylation sites (tertiary alicyclic amines) is 1. The first-order valence-corrected chi connectivity index (χ1v) is 9.55. The van der Waals surface area contributed by atoms with Crippen molar-refractivity contribution < 1.29 is 18.8 Å². The fraction of sp³-hybridized carbons (Fsp3) is 0.550. The number of hydrogen-bond acceptors (Lipinski definition) is 4. The summed E-state index contributed by atoms with van der Waals surface area (Å²) in [5, 5.41) is 0. The SMILES string of the molecule is CC(=O)N1CCN(C2CCN(CCCC(=O)c3ccc(F)cc3)CC2)C1=O. The van der Waals surface area contributed by atoms with Crippen molar-refractivity contribution in [2.24, 2.45) is 0 Å². The third-order valence-corrected chi connectivity index (χ3v) is 5.46. The highest BCUT2D eigenvalue weighted by atomic mass is 19.1. The Hall–Kier alpha value is -2.28. The second-order valence-electron chi connectivity index (χ2n) is 7.25. The van der Waals surface area contributed by atoms with Gasteiger partial charge in [0.1, 0.15) is 5.82 Å². The Balaban J connectivity index is 1.39. The standard InChI is InChI=1S/C20H26FN3O3/c1-15(25)23-13-14-24(20(23)27)18-8-11-22(12-9-18)10-2-3-19(26)16-4-6-17(21)7-5-16/h4-7,18H,2-3,8-14H2,1H3. The topological polar surface area (TPSA) is 60.9 Å². The van der Waals surface area contributed by atoms with Gasteiger partial charge in [-0.3, -0.25) is 14.5 Å². The minimum Gasteiger partial charge on any atom is -0.319 e. The predicted octanol–water partition coefficient (Wildman–Crippen LogP) is 2.54. The number of imide groups is 1. The summed E-state index contributed by atoms with van der Waals surface area (Å²) in [5.41, 5.74) is 0.553. The summed E-state index contributed by atoms with van der Waals surface area (Å²) in [6.45, 7) is 5.15. The van der Waals surface area contributed by atoms with Crippen LogP contribution in [0.25, 0.3) is 0 Å². The van der Waals surface area contributed by atoms with Gasteiger partial charge in [-0.15, -0.1) is 0 Å². The molecule has 0 radical (unpaired) electrons. The largest absolute Gasteiger partial charge is 0.327 e. The molecule has 0 aliphatic carbocycles. The van der Waals surface area contributed by atoms with Crippen LogP contribution in [0.4, 0.5) is 9.18 Å². The molecule has 2 heterocycles. The van der Waals surface area contributed by atoms with Crippen LogP contribution >= 0.6 is 0 Å². The smallest absolute Gasteiger partial charge is 0.319 e. The Kier molecular flexibility index (Phi) is 6.21. The molecule has 1 aromatic carbocycles. The van der Waals surface area contributed by atoms with E-state index in [0.717, 1.165) is 38.9 Å². The van der Waals surface area contributed by atoms with E-state index in [9.17, 15) is 18.8 Å². The van der Waals surface area contributed by atoms with E-state index in [1.54, 1.807) is 0 Å². The molecule has 2 aliphatic rings. The van der Waals surface area contributed by atoms with E-state index in [4.69, 9.17) is 0 Å². The molecule has 0 spiro atoms. The average Bonchev–Trinajstić information content (AvgIpc) is 3.04. The molecule has 2 fully saturated rings. The molecule has 6 nitrogen and oxygen atoms in total. The minimum atomic E-state index is -0.336. The quantitative estimate of drug-likeness (QED) is 0.717. The summed E-state index contributed by atoms with van der Waals surface area (Å²) < 4.78 is 12.9. The second-order valence-corrected chi connectivity index (χ2v) is 7.25. The Morgan fingerprint density at radius 3 is 2.33 bits per heavy atom. The summed E-state index contributed by atoms with van der Waals surface area (Å²) in [6, 6.07) is 5.71. The number of piperidine rings is 1. The lowest BCUT2D eigenvalue weighted by Gasteiger charge is -2.36. The minimum absolute atomic E-state index is 0.0388. The number of nitrogens with zero attached hydrogens (tertiary/aromatic N) is 3. The number of carbonyl (C=O) groups is 3. The van der Waals surface area contributed by atoms with Crippen LogP contribution in [0.3, 0.4) is 0 Å². The summed E-state index contributed by atoms with van der Waals surface area (Å²) >= 11 is 0. The molecule has 3 amide bonds. The van der Waals surface area contributed by atoms with Crippen molar-refractivity contribution in [1.82, 2.24) is 14.7 Å². The average molecular weight is 375 g/mol. The van der Waals surface area contributed by atoms with Crippen molar-refractivity contribution in [2.75, 3.05) is 32.7 Å². The second kappa shape index (κ2) is 8.61. The zero-order valence-electron chi connectivity index (χ0n) is 15.7. The molecule has 0 N–H and O–H groups in total. The molecule has 2 saturated heterocycles. The van der Waals surface area contributed by atoms with Crippen molar-refractivity contribution >= 4 is 17.7 Å². The zero-order chi connectivity index (χ0) is 19.4. The number of carbonyl (C=O) groups excluding carboxylic acids is 3. The number of hydrogen-bond donors (Lipinski definition) is 0. The van der Waals surface area contributed by atoms with E-state index in [0.29, 0.717) is 25.1 Å². The lowest BCUT2D eigenvalue weighted by atomic mass is 10.0. The van der Waals surface area contributed by atoms with E-state index in [1.807, 2.05) is 4.90 Å². The van der Waals surface area contributed by atoms with Gasteiger partial charge in [0.2, 0.25) is 5.91 Å². The van der Waals surface area contributed by atoms with Gasteiger partial charge in [0.25, 0.3) is 0 Å². The maximum absolute atomic E-state index is 12.9. The van der Waals surface area contributed by atoms with Crippen LogP contribution in [0.5, 0.6) is 0 Å². The monoisotopic (exact) mass is 375 g/mol. The van der Waals surface area contributed by atoms with Crippen LogP contribution in [-0.4, -0.2) is 71.2 Å². The van der Waals surface area contributed by atoms with Crippen LogP contribution in [0, 0.1) is 5.82 Å². The van der Waals surface area contributed by atoms with Gasteiger partial charge in [-0.25, -0.2) is 9.18 Å². The molecule has 0 atom stereocenters. The third kappa shape index (κ3) is 4.71. The Labute approximate surface area is 158 Å². The molecule has 2 aliphatic heterocycles. The number of ketones is 1. The molecule has 0 unspecified atom stereocenters. The van der Waals surface area contributed by atoms with Crippen LogP contribution in [0.15, 0.2) is 24.3 Å². The van der Waals surface area contributed by atoms with Gasteiger partial charge in [0.05, 0.1) is 0 Å². The summed E-state index contributed by atoms with van der Waals surface area (Å²) in [6.07, 6.45) is 3.00. The van der Waals surface area contributed by atoms with Gasteiger partial charge in [-0.05, 0) is 50.1 Å². The first kappa shape index (κ1) is 19.5. The summed E-state index contributed by atoms with van der Waals surface area (Å²) in [7, 11) is 0. The molecule has 0 bridgehead atoms. The van der Waals surface area contributed by atoms with Crippen LogP contribution < -0.4 is 0 Å². The predicted molar refractivity (Wildman–Crippen MR) is 98.9 cm³/mol. The number of halogens is 1. The maximum atomic E-state index is 12.9. The van der Waals surface area contributed by atoms with Crippen LogP contribution in [0.2, 0.25) is 0 Å². The molecule has 146 valence electrons. The van der Waals surface area contributed by atoms with Crippen molar-refractivity contribution in [1.29, 1.82) is 0 Å². The highest BCUT2D eigenvalue weighted by Gasteiger charge is 2.36. The Morgan fingerprint density at radius 1 is 1.07 bits per heavy atom. The molecule has 1 aromatic rings. The van der Waals surface area contributed by atoms with E-state index in [-0.39, 0.29) is 29.6 Å². The third-order valence-electron chi connectivity index (χ3n) is 5.46. The summed E-state index contributed by atoms with van der Waals surface area (Å²) in [5.74, 6) is -0.486. The van der Waals surface area contributed by atoms with Gasteiger partial charge in [-0.2, -0.15) is 0 Å². The molecular weight excluding hydrogens is 349 g/mol. The Bertz CT molecular complexity index is 699. The number of rotatable bonds is 6. The number of amides is 3. The first-order chi connectivity index (χ1) is 13.0. The van der Waals surface area contributed by atoms with Gasteiger partial charge in [0.15, 0.2) is 5.78 Å². The van der Waals surface area contributed by atoms with E-state index < -0.39 is 0 Å². The molecule has 27 heavy (non-hydrogen) atoms. The fourth-order valence-electron chi connectivity index (χ4n) is 3.88. The Morgan fingerprint density at radius 2 is 1.74 bits per heavy atom. The van der Waals surface area contributed by atoms with E-state index in [2.05, 4.69) is 4.90 Å². The summed E-state index contributed by atoms with van der Waals surface area (Å²) in [4.78, 5) is 41.3. The van der Waals surface area contributed by atoms with Crippen LogP contribution in [-0.2, 0) is 4.79 Å². The molecular formula is C20H26FN3O3. The van der Waals surface area contributed by atoms with Gasteiger partial charge < -0.3 is 9.80 Å². The maximum Gasteiger partial charge on any atom is 0.327 e. The van der Waals surface area contributed by atoms with E-state index >= 15 is 0 Å². The van der Waals surface area contributed by atoms with Gasteiger partial charge in [-0.1, -0.05) is 0 Å². The van der Waals surface area contributed by atoms with Crippen molar-refractivity contribution in [3.8, 4) is 0 Å². The number of urea groups is 1. The van der Waals surface area contributed by atoms with Gasteiger partial charge in [0, 0.05) is 51.1 Å². The highest BCUT2D eigenvalue weighted by molar-refractivity contribution is 5.96. The molecule has 7 heteroatoms. The number of Topliss-reactive ketones (excluding diaryl/α,β-unsaturated/α-hetero) is 1. The number of benzene rings is 1. The molecule has 0 saturated carbocycles. The normalized spacial score (nSPS) is 19.0. The van der Waals surface area contributed by atoms with Gasteiger partial charge >= 0.3 is 6.03 Å². The van der Waals surface area contributed by atoms with Crippen molar-refractivity contribution in [3.63, 3.8) is 0 Å². The fourth-order valence-corrected chi connectivity index (χ4v) is 3.88. The lowest BCUT2D eigenvalue weighted by molar-refractivity contribution is -0.125. The first-order valence-electron chi connectivity index (χ1n) is 9.55. The highest BCUT2D eigenvalue weighted by Crippen LogP contribution is 2.22. The van der Waals surface area contributed by atoms with E-state index in [1.165, 1.54) is 36.1 Å².